The molecule has 0 amide bonds. The number of ether oxygens (including phenoxy) is 2. The van der Waals surface area contributed by atoms with E-state index in [1.807, 2.05) is 6.92 Å². The molecule has 1 aliphatic rings. The van der Waals surface area contributed by atoms with Gasteiger partial charge in [0.05, 0.1) is 30.2 Å². The number of para-hydroxylation sites is 1. The number of likely N-dealkylation sites (N-methyl/N-ethyl adjacent to an activating group) is 1. The predicted molar refractivity (Wildman–Crippen MR) is 79.1 cm³/mol. The van der Waals surface area contributed by atoms with Crippen LogP contribution in [0.2, 0.25) is 0 Å². The van der Waals surface area contributed by atoms with Gasteiger partial charge in [0.25, 0.3) is 0 Å². The first-order chi connectivity index (χ1) is 9.67. The van der Waals surface area contributed by atoms with Crippen LogP contribution in [0, 0.1) is 0 Å². The molecule has 0 aliphatic carbocycles. The van der Waals surface area contributed by atoms with Crippen molar-refractivity contribution < 1.29 is 14.3 Å². The largest absolute Gasteiger partial charge is 0.465 e. The molecule has 1 unspecified atom stereocenters. The van der Waals surface area contributed by atoms with Crippen LogP contribution < -0.4 is 10.6 Å². The molecular formula is C15H22N2O3. The summed E-state index contributed by atoms with van der Waals surface area (Å²) in [5, 5.41) is 0. The van der Waals surface area contributed by atoms with E-state index in [-0.39, 0.29) is 12.1 Å². The Morgan fingerprint density at radius 2 is 2.35 bits per heavy atom. The number of esters is 1. The van der Waals surface area contributed by atoms with Gasteiger partial charge in [0, 0.05) is 19.7 Å². The highest BCUT2D eigenvalue weighted by Crippen LogP contribution is 2.29. The Balaban J connectivity index is 2.29. The first-order valence-corrected chi connectivity index (χ1v) is 7.00. The highest BCUT2D eigenvalue weighted by Gasteiger charge is 2.23. The van der Waals surface area contributed by atoms with E-state index in [1.165, 1.54) is 7.11 Å². The van der Waals surface area contributed by atoms with Gasteiger partial charge >= 0.3 is 5.97 Å². The molecule has 2 N–H and O–H groups in total. The minimum absolute atomic E-state index is 0.208. The third kappa shape index (κ3) is 3.04. The van der Waals surface area contributed by atoms with Crippen molar-refractivity contribution in [3.05, 3.63) is 23.8 Å². The Morgan fingerprint density at radius 1 is 1.55 bits per heavy atom. The molecule has 2 rings (SSSR count). The second-order valence-corrected chi connectivity index (χ2v) is 4.91. The Bertz CT molecular complexity index is 470. The van der Waals surface area contributed by atoms with Crippen molar-refractivity contribution in [3.8, 4) is 0 Å². The van der Waals surface area contributed by atoms with Crippen molar-refractivity contribution in [1.82, 2.24) is 0 Å². The Morgan fingerprint density at radius 3 is 2.95 bits per heavy atom. The lowest BCUT2D eigenvalue weighted by molar-refractivity contribution is 0.0601. The van der Waals surface area contributed by atoms with Crippen LogP contribution in [0.4, 0.5) is 11.4 Å². The zero-order chi connectivity index (χ0) is 14.5. The van der Waals surface area contributed by atoms with E-state index >= 15 is 0 Å². The fraction of sp³-hybridized carbons (Fsp3) is 0.533. The number of nitrogen functional groups attached to an aromatic ring is 1. The van der Waals surface area contributed by atoms with Crippen molar-refractivity contribution in [2.45, 2.75) is 25.9 Å². The van der Waals surface area contributed by atoms with Crippen LogP contribution in [0.25, 0.3) is 0 Å². The smallest absolute Gasteiger partial charge is 0.340 e. The standard InChI is InChI=1S/C15H22N2O3/c1-3-17(10-11-6-5-9-20-11)14-12(15(18)19-2)7-4-8-13(14)16/h4,7-8,11H,3,5-6,9-10,16H2,1-2H3. The highest BCUT2D eigenvalue weighted by atomic mass is 16.5. The van der Waals surface area contributed by atoms with Crippen molar-refractivity contribution in [1.29, 1.82) is 0 Å². The van der Waals surface area contributed by atoms with Gasteiger partial charge in [0.15, 0.2) is 0 Å². The number of hydrogen-bond acceptors (Lipinski definition) is 5. The minimum Gasteiger partial charge on any atom is -0.465 e. The molecule has 1 heterocycles. The maximum Gasteiger partial charge on any atom is 0.340 e. The van der Waals surface area contributed by atoms with Crippen LogP contribution in [0.1, 0.15) is 30.1 Å². The highest BCUT2D eigenvalue weighted by molar-refractivity contribution is 5.99. The SMILES string of the molecule is CCN(CC1CCCO1)c1c(N)cccc1C(=O)OC. The van der Waals surface area contributed by atoms with E-state index in [4.69, 9.17) is 15.2 Å². The molecule has 5 heteroatoms. The molecular weight excluding hydrogens is 256 g/mol. The first-order valence-electron chi connectivity index (χ1n) is 7.00. The van der Waals surface area contributed by atoms with Crippen LogP contribution >= 0.6 is 0 Å². The van der Waals surface area contributed by atoms with E-state index in [1.54, 1.807) is 18.2 Å². The normalized spacial score (nSPS) is 18.0. The maximum absolute atomic E-state index is 11.9. The molecule has 1 aliphatic heterocycles. The predicted octanol–water partition coefficient (Wildman–Crippen LogP) is 2.06. The van der Waals surface area contributed by atoms with Crippen LogP contribution in [0.5, 0.6) is 0 Å². The van der Waals surface area contributed by atoms with E-state index in [9.17, 15) is 4.79 Å². The Kier molecular flexibility index (Phi) is 4.84. The van der Waals surface area contributed by atoms with Crippen molar-refractivity contribution in [2.24, 2.45) is 0 Å². The summed E-state index contributed by atoms with van der Waals surface area (Å²) >= 11 is 0. The second kappa shape index (κ2) is 6.61. The summed E-state index contributed by atoms with van der Waals surface area (Å²) in [5.41, 5.74) is 7.92. The summed E-state index contributed by atoms with van der Waals surface area (Å²) in [6.45, 7) is 4.37. The van der Waals surface area contributed by atoms with Gasteiger partial charge < -0.3 is 20.1 Å². The summed E-state index contributed by atoms with van der Waals surface area (Å²) < 4.78 is 10.5. The quantitative estimate of drug-likeness (QED) is 0.659. The summed E-state index contributed by atoms with van der Waals surface area (Å²) in [5.74, 6) is -0.363. The lowest BCUT2D eigenvalue weighted by atomic mass is 10.1. The van der Waals surface area contributed by atoms with Crippen molar-refractivity contribution in [3.63, 3.8) is 0 Å². The molecule has 0 aromatic heterocycles. The molecule has 5 nitrogen and oxygen atoms in total. The number of anilines is 2. The van der Waals surface area contributed by atoms with Crippen molar-refractivity contribution in [2.75, 3.05) is 37.4 Å². The van der Waals surface area contributed by atoms with Crippen LogP contribution in [0.3, 0.4) is 0 Å². The molecule has 0 radical (unpaired) electrons. The van der Waals surface area contributed by atoms with E-state index < -0.39 is 0 Å². The van der Waals surface area contributed by atoms with Gasteiger partial charge in [-0.25, -0.2) is 4.79 Å². The minimum atomic E-state index is -0.363. The van der Waals surface area contributed by atoms with Crippen LogP contribution in [-0.4, -0.2) is 38.9 Å². The molecule has 1 aromatic carbocycles. The second-order valence-electron chi connectivity index (χ2n) is 4.91. The summed E-state index contributed by atoms with van der Waals surface area (Å²) in [6, 6.07) is 5.32. The number of methoxy groups -OCH3 is 1. The number of nitrogens with two attached hydrogens (primary N) is 1. The summed E-state index contributed by atoms with van der Waals surface area (Å²) in [7, 11) is 1.38. The maximum atomic E-state index is 11.9. The van der Waals surface area contributed by atoms with Crippen LogP contribution in [0.15, 0.2) is 18.2 Å². The number of carbonyl (C=O) groups excluding carboxylic acids is 1. The Hall–Kier alpha value is -1.75. The summed E-state index contributed by atoms with van der Waals surface area (Å²) in [6.07, 6.45) is 2.35. The molecule has 0 spiro atoms. The lowest BCUT2D eigenvalue weighted by Gasteiger charge is -2.28. The zero-order valence-corrected chi connectivity index (χ0v) is 12.1. The monoisotopic (exact) mass is 278 g/mol. The molecule has 1 atom stereocenters. The van der Waals surface area contributed by atoms with Gasteiger partial charge in [-0.3, -0.25) is 0 Å². The molecule has 0 saturated carbocycles. The summed E-state index contributed by atoms with van der Waals surface area (Å²) in [4.78, 5) is 14.0. The third-order valence-electron chi connectivity index (χ3n) is 3.62. The van der Waals surface area contributed by atoms with Crippen molar-refractivity contribution >= 4 is 17.3 Å². The topological polar surface area (TPSA) is 64.8 Å². The molecule has 1 aromatic rings. The fourth-order valence-electron chi connectivity index (χ4n) is 2.60. The lowest BCUT2D eigenvalue weighted by Crippen LogP contribution is -2.33. The Labute approximate surface area is 119 Å². The number of hydrogen-bond donors (Lipinski definition) is 1. The van der Waals surface area contributed by atoms with E-state index in [0.717, 1.165) is 38.2 Å². The molecule has 1 fully saturated rings. The molecule has 0 bridgehead atoms. The van der Waals surface area contributed by atoms with Crippen LogP contribution in [-0.2, 0) is 9.47 Å². The van der Waals surface area contributed by atoms with Gasteiger partial charge in [0.2, 0.25) is 0 Å². The van der Waals surface area contributed by atoms with Gasteiger partial charge in [-0.05, 0) is 31.9 Å². The number of benzene rings is 1. The first kappa shape index (κ1) is 14.7. The number of rotatable bonds is 5. The average molecular weight is 278 g/mol. The molecule has 110 valence electrons. The molecule has 20 heavy (non-hydrogen) atoms. The van der Waals surface area contributed by atoms with Gasteiger partial charge in [-0.1, -0.05) is 6.07 Å². The van der Waals surface area contributed by atoms with Gasteiger partial charge in [-0.2, -0.15) is 0 Å². The molecule has 1 saturated heterocycles. The zero-order valence-electron chi connectivity index (χ0n) is 12.1. The number of carbonyl (C=O) groups is 1. The average Bonchev–Trinajstić information content (AvgIpc) is 2.97. The van der Waals surface area contributed by atoms with E-state index in [2.05, 4.69) is 4.90 Å². The van der Waals surface area contributed by atoms with Gasteiger partial charge in [-0.15, -0.1) is 0 Å². The fourth-order valence-corrected chi connectivity index (χ4v) is 2.60. The van der Waals surface area contributed by atoms with E-state index in [0.29, 0.717) is 11.3 Å². The number of nitrogens with zero attached hydrogens (tertiary/aromatic N) is 1. The third-order valence-corrected chi connectivity index (χ3v) is 3.62. The van der Waals surface area contributed by atoms with Gasteiger partial charge in [0.1, 0.15) is 0 Å².